The van der Waals surface area contributed by atoms with E-state index in [0.717, 1.165) is 26.2 Å². The molecule has 0 saturated carbocycles. The smallest absolute Gasteiger partial charge is 0.293 e. The van der Waals surface area contributed by atoms with Gasteiger partial charge in [0.2, 0.25) is 0 Å². The molecule has 0 spiro atoms. The van der Waals surface area contributed by atoms with Crippen molar-refractivity contribution < 1.29 is 14.5 Å². The number of carbonyl (C=O) groups is 2. The molecular weight excluding hydrogens is 446 g/mol. The topological polar surface area (TPSA) is 90.2 Å². The molecule has 186 valence electrons. The lowest BCUT2D eigenvalue weighted by Crippen LogP contribution is -2.50. The van der Waals surface area contributed by atoms with Crippen LogP contribution in [0.1, 0.15) is 39.1 Å². The van der Waals surface area contributed by atoms with Crippen molar-refractivity contribution in [1.82, 2.24) is 14.7 Å². The summed E-state index contributed by atoms with van der Waals surface area (Å²) in [7, 11) is 3.42. The molecule has 9 nitrogen and oxygen atoms in total. The van der Waals surface area contributed by atoms with Crippen LogP contribution in [0.4, 0.5) is 11.4 Å². The fourth-order valence-electron chi connectivity index (χ4n) is 4.85. The zero-order chi connectivity index (χ0) is 24.9. The highest BCUT2D eigenvalue weighted by Crippen LogP contribution is 2.29. The van der Waals surface area contributed by atoms with Crippen LogP contribution < -0.4 is 4.90 Å². The van der Waals surface area contributed by atoms with Gasteiger partial charge in [-0.1, -0.05) is 18.2 Å². The molecule has 0 unspecified atom stereocenters. The van der Waals surface area contributed by atoms with Gasteiger partial charge in [0.05, 0.1) is 10.5 Å². The summed E-state index contributed by atoms with van der Waals surface area (Å²) in [5.74, 6) is -0.570. The molecule has 0 radical (unpaired) electrons. The molecule has 9 heteroatoms. The Kier molecular flexibility index (Phi) is 7.77. The number of nitrogens with zero attached hydrogens (tertiary/aromatic N) is 5. The minimum atomic E-state index is -0.494. The molecule has 35 heavy (non-hydrogen) atoms. The van der Waals surface area contributed by atoms with Crippen LogP contribution in [0.2, 0.25) is 0 Å². The number of amides is 1. The maximum atomic E-state index is 13.4. The Morgan fingerprint density at radius 3 is 2.09 bits per heavy atom. The zero-order valence-corrected chi connectivity index (χ0v) is 20.5. The van der Waals surface area contributed by atoms with Crippen LogP contribution >= 0.6 is 0 Å². The normalized spacial score (nSPS) is 16.9. The number of anilines is 1. The van der Waals surface area contributed by atoms with E-state index in [1.54, 1.807) is 60.3 Å². The van der Waals surface area contributed by atoms with Gasteiger partial charge in [0.25, 0.3) is 11.6 Å². The van der Waals surface area contributed by atoms with Gasteiger partial charge < -0.3 is 14.7 Å². The first-order valence-corrected chi connectivity index (χ1v) is 12.2. The van der Waals surface area contributed by atoms with Gasteiger partial charge in [0.15, 0.2) is 5.78 Å². The molecule has 2 heterocycles. The second-order valence-electron chi connectivity index (χ2n) is 9.41. The fraction of sp³-hybridized carbons (Fsp3) is 0.462. The molecule has 2 saturated heterocycles. The lowest BCUT2D eigenvalue weighted by Gasteiger charge is -2.35. The van der Waals surface area contributed by atoms with Crippen molar-refractivity contribution >= 4 is 23.1 Å². The summed E-state index contributed by atoms with van der Waals surface area (Å²) in [6.07, 6.45) is 2.57. The number of nitro groups is 1. The van der Waals surface area contributed by atoms with Gasteiger partial charge in [-0.2, -0.15) is 0 Å². The standard InChI is InChI=1S/C26H33N5O4/c1-27(2)23-10-9-20(19-24(23)31(34)35)25(32)21-7-3-4-8-22(21)26(33)30-17-15-29(16-18-30)14-13-28-11-5-6-12-28/h3-4,7-10,19H,5-6,11-18H2,1-2H3. The van der Waals surface area contributed by atoms with Gasteiger partial charge in [-0.05, 0) is 44.1 Å². The molecule has 2 fully saturated rings. The second-order valence-corrected chi connectivity index (χ2v) is 9.41. The number of nitro benzene ring substituents is 1. The third kappa shape index (κ3) is 5.68. The number of hydrogen-bond donors (Lipinski definition) is 0. The third-order valence-electron chi connectivity index (χ3n) is 6.91. The predicted octanol–water partition coefficient (Wildman–Crippen LogP) is 2.75. The van der Waals surface area contributed by atoms with E-state index in [0.29, 0.717) is 24.3 Å². The fourth-order valence-corrected chi connectivity index (χ4v) is 4.85. The highest BCUT2D eigenvalue weighted by molar-refractivity contribution is 6.15. The molecule has 0 N–H and O–H groups in total. The number of carbonyl (C=O) groups excluding carboxylic acids is 2. The van der Waals surface area contributed by atoms with E-state index < -0.39 is 10.7 Å². The maximum absolute atomic E-state index is 13.4. The van der Waals surface area contributed by atoms with E-state index >= 15 is 0 Å². The maximum Gasteiger partial charge on any atom is 0.293 e. The van der Waals surface area contributed by atoms with Crippen LogP contribution in [0, 0.1) is 10.1 Å². The van der Waals surface area contributed by atoms with E-state index in [-0.39, 0.29) is 22.7 Å². The molecule has 0 aromatic heterocycles. The van der Waals surface area contributed by atoms with Gasteiger partial charge in [-0.25, -0.2) is 0 Å². The van der Waals surface area contributed by atoms with Crippen LogP contribution in [0.15, 0.2) is 42.5 Å². The first-order chi connectivity index (χ1) is 16.8. The quantitative estimate of drug-likeness (QED) is 0.327. The Morgan fingerprint density at radius 1 is 0.886 bits per heavy atom. The largest absolute Gasteiger partial charge is 0.372 e. The molecule has 0 bridgehead atoms. The summed E-state index contributed by atoms with van der Waals surface area (Å²) < 4.78 is 0. The SMILES string of the molecule is CN(C)c1ccc(C(=O)c2ccccc2C(=O)N2CCN(CCN3CCCC3)CC2)cc1[N+](=O)[O-]. The number of rotatable bonds is 8. The van der Waals surface area contributed by atoms with Crippen molar-refractivity contribution in [3.63, 3.8) is 0 Å². The molecule has 2 aliphatic rings. The minimum absolute atomic E-state index is 0.144. The lowest BCUT2D eigenvalue weighted by molar-refractivity contribution is -0.384. The second kappa shape index (κ2) is 11.0. The molecule has 0 atom stereocenters. The summed E-state index contributed by atoms with van der Waals surface area (Å²) in [6.45, 7) is 7.31. The molecular formula is C26H33N5O4. The van der Waals surface area contributed by atoms with Crippen LogP contribution in [-0.4, -0.2) is 97.8 Å². The number of hydrogen-bond acceptors (Lipinski definition) is 7. The summed E-state index contributed by atoms with van der Waals surface area (Å²) in [4.78, 5) is 46.1. The Balaban J connectivity index is 1.46. The summed E-state index contributed by atoms with van der Waals surface area (Å²) in [5.41, 5.74) is 1.06. The predicted molar refractivity (Wildman–Crippen MR) is 135 cm³/mol. The van der Waals surface area contributed by atoms with Crippen LogP contribution in [0.25, 0.3) is 0 Å². The number of ketones is 1. The van der Waals surface area contributed by atoms with Gasteiger partial charge in [0.1, 0.15) is 5.69 Å². The van der Waals surface area contributed by atoms with Crippen molar-refractivity contribution in [3.05, 3.63) is 69.3 Å². The summed E-state index contributed by atoms with van der Waals surface area (Å²) in [6, 6.07) is 11.2. The third-order valence-corrected chi connectivity index (χ3v) is 6.91. The highest BCUT2D eigenvalue weighted by Gasteiger charge is 2.27. The molecule has 2 aromatic carbocycles. The molecule has 1 amide bonds. The van der Waals surface area contributed by atoms with Gasteiger partial charge in [0, 0.05) is 70.6 Å². The molecule has 4 rings (SSSR count). The lowest BCUT2D eigenvalue weighted by atomic mass is 9.96. The summed E-state index contributed by atoms with van der Waals surface area (Å²) >= 11 is 0. The summed E-state index contributed by atoms with van der Waals surface area (Å²) in [5, 5.41) is 11.6. The molecule has 2 aliphatic heterocycles. The zero-order valence-electron chi connectivity index (χ0n) is 20.5. The van der Waals surface area contributed by atoms with Crippen molar-refractivity contribution in [3.8, 4) is 0 Å². The van der Waals surface area contributed by atoms with E-state index in [9.17, 15) is 19.7 Å². The number of piperazine rings is 1. The van der Waals surface area contributed by atoms with Crippen molar-refractivity contribution in [2.45, 2.75) is 12.8 Å². The van der Waals surface area contributed by atoms with Gasteiger partial charge >= 0.3 is 0 Å². The average Bonchev–Trinajstić information content (AvgIpc) is 3.40. The average molecular weight is 480 g/mol. The Labute approximate surface area is 206 Å². The number of likely N-dealkylation sites (tertiary alicyclic amines) is 1. The Hall–Kier alpha value is -3.30. The van der Waals surface area contributed by atoms with Crippen LogP contribution in [0.5, 0.6) is 0 Å². The van der Waals surface area contributed by atoms with E-state index in [1.165, 1.54) is 32.0 Å². The minimum Gasteiger partial charge on any atom is -0.372 e. The van der Waals surface area contributed by atoms with Crippen molar-refractivity contribution in [2.24, 2.45) is 0 Å². The van der Waals surface area contributed by atoms with Gasteiger partial charge in [-0.3, -0.25) is 24.6 Å². The van der Waals surface area contributed by atoms with Crippen molar-refractivity contribution in [1.29, 1.82) is 0 Å². The molecule has 2 aromatic rings. The first kappa shape index (κ1) is 24.8. The van der Waals surface area contributed by atoms with Crippen LogP contribution in [-0.2, 0) is 0 Å². The highest BCUT2D eigenvalue weighted by atomic mass is 16.6. The Morgan fingerprint density at radius 2 is 1.49 bits per heavy atom. The van der Waals surface area contributed by atoms with E-state index in [1.807, 2.05) is 0 Å². The monoisotopic (exact) mass is 479 g/mol. The van der Waals surface area contributed by atoms with Gasteiger partial charge in [-0.15, -0.1) is 0 Å². The first-order valence-electron chi connectivity index (χ1n) is 12.2. The molecule has 0 aliphatic carbocycles. The number of benzene rings is 2. The van der Waals surface area contributed by atoms with Crippen molar-refractivity contribution in [2.75, 3.05) is 71.4 Å². The van der Waals surface area contributed by atoms with E-state index in [4.69, 9.17) is 0 Å². The Bertz CT molecular complexity index is 1090. The van der Waals surface area contributed by atoms with Crippen LogP contribution in [0.3, 0.4) is 0 Å². The van der Waals surface area contributed by atoms with E-state index in [2.05, 4.69) is 9.80 Å².